The number of aromatic nitrogens is 4. The summed E-state index contributed by atoms with van der Waals surface area (Å²) >= 11 is 6.26. The van der Waals surface area contributed by atoms with Gasteiger partial charge in [0.15, 0.2) is 0 Å². The van der Waals surface area contributed by atoms with Gasteiger partial charge in [0.05, 0.1) is 33.7 Å². The van der Waals surface area contributed by atoms with Gasteiger partial charge in [0.1, 0.15) is 0 Å². The summed E-state index contributed by atoms with van der Waals surface area (Å²) in [5, 5.41) is 3.71. The summed E-state index contributed by atoms with van der Waals surface area (Å²) in [6.07, 6.45) is 5.04. The largest absolute Gasteiger partial charge is 0.370 e. The van der Waals surface area contributed by atoms with Gasteiger partial charge in [-0.05, 0) is 62.9 Å². The minimum absolute atomic E-state index is 0.202. The monoisotopic (exact) mass is 464 g/mol. The first-order chi connectivity index (χ1) is 15.9. The fourth-order valence-electron chi connectivity index (χ4n) is 4.30. The molecular weight excluding hydrogens is 440 g/mol. The molecule has 1 saturated heterocycles. The SMILES string of the molecule is Cc1ccc(-n2[nH]c(C)c(C=Nc3cc4[nH]c(=O)[nH]c4cc3N3CCCCC3)c2=O)cc1Cl. The fourth-order valence-corrected chi connectivity index (χ4v) is 4.47. The molecule has 0 aliphatic carbocycles. The van der Waals surface area contributed by atoms with E-state index in [1.807, 2.05) is 38.1 Å². The highest BCUT2D eigenvalue weighted by molar-refractivity contribution is 6.31. The van der Waals surface area contributed by atoms with Crippen molar-refractivity contribution in [2.24, 2.45) is 4.99 Å². The number of hydrogen-bond acceptors (Lipinski definition) is 4. The molecule has 170 valence electrons. The Bertz CT molecular complexity index is 1480. The van der Waals surface area contributed by atoms with Crippen LogP contribution in [-0.4, -0.2) is 39.1 Å². The number of benzene rings is 2. The van der Waals surface area contributed by atoms with E-state index in [4.69, 9.17) is 16.6 Å². The molecule has 9 heteroatoms. The highest BCUT2D eigenvalue weighted by Crippen LogP contribution is 2.34. The summed E-state index contributed by atoms with van der Waals surface area (Å²) in [5.74, 6) is 0. The van der Waals surface area contributed by atoms with Gasteiger partial charge in [-0.15, -0.1) is 0 Å². The molecular formula is C24H25ClN6O2. The van der Waals surface area contributed by atoms with E-state index in [1.54, 1.807) is 12.3 Å². The summed E-state index contributed by atoms with van der Waals surface area (Å²) in [6.45, 7) is 5.63. The van der Waals surface area contributed by atoms with Crippen molar-refractivity contribution < 1.29 is 0 Å². The molecule has 0 bridgehead atoms. The van der Waals surface area contributed by atoms with E-state index in [9.17, 15) is 9.59 Å². The minimum atomic E-state index is -0.253. The molecule has 1 aliphatic heterocycles. The first kappa shape index (κ1) is 21.3. The van der Waals surface area contributed by atoms with E-state index < -0.39 is 0 Å². The lowest BCUT2D eigenvalue weighted by Gasteiger charge is -2.29. The average molecular weight is 465 g/mol. The lowest BCUT2D eigenvalue weighted by molar-refractivity contribution is 0.578. The molecule has 1 fully saturated rings. The number of aromatic amines is 3. The Hall–Kier alpha value is -3.52. The van der Waals surface area contributed by atoms with Crippen molar-refractivity contribution >= 4 is 40.2 Å². The quantitative estimate of drug-likeness (QED) is 0.391. The smallest absolute Gasteiger partial charge is 0.323 e. The maximum absolute atomic E-state index is 13.1. The molecule has 33 heavy (non-hydrogen) atoms. The van der Waals surface area contributed by atoms with Crippen LogP contribution in [0.4, 0.5) is 11.4 Å². The van der Waals surface area contributed by atoms with Crippen LogP contribution in [0.3, 0.4) is 0 Å². The summed E-state index contributed by atoms with van der Waals surface area (Å²) < 4.78 is 1.47. The lowest BCUT2D eigenvalue weighted by atomic mass is 10.1. The van der Waals surface area contributed by atoms with E-state index in [2.05, 4.69) is 20.0 Å². The van der Waals surface area contributed by atoms with Crippen molar-refractivity contribution in [2.45, 2.75) is 33.1 Å². The Labute approximate surface area is 194 Å². The number of nitrogens with one attached hydrogen (secondary N) is 3. The normalized spacial score (nSPS) is 14.6. The van der Waals surface area contributed by atoms with Crippen LogP contribution < -0.4 is 16.1 Å². The number of nitrogens with zero attached hydrogens (tertiary/aromatic N) is 3. The summed E-state index contributed by atoms with van der Waals surface area (Å²) in [6, 6.07) is 9.31. The number of piperidine rings is 1. The van der Waals surface area contributed by atoms with Crippen LogP contribution in [0.25, 0.3) is 16.7 Å². The second kappa shape index (κ2) is 8.44. The zero-order valence-electron chi connectivity index (χ0n) is 18.5. The average Bonchev–Trinajstić information content (AvgIpc) is 3.31. The van der Waals surface area contributed by atoms with Gasteiger partial charge in [-0.25, -0.2) is 9.48 Å². The van der Waals surface area contributed by atoms with E-state index in [0.717, 1.165) is 42.7 Å². The van der Waals surface area contributed by atoms with E-state index in [-0.39, 0.29) is 11.2 Å². The third-order valence-electron chi connectivity index (χ3n) is 6.17. The van der Waals surface area contributed by atoms with Crippen molar-refractivity contribution in [1.82, 2.24) is 19.7 Å². The number of fused-ring (bicyclic) bond motifs is 1. The fraction of sp³-hybridized carbons (Fsp3) is 0.292. The van der Waals surface area contributed by atoms with Crippen LogP contribution >= 0.6 is 11.6 Å². The van der Waals surface area contributed by atoms with Crippen LogP contribution in [0.1, 0.15) is 36.1 Å². The van der Waals surface area contributed by atoms with Gasteiger partial charge in [-0.3, -0.25) is 14.9 Å². The van der Waals surface area contributed by atoms with E-state index in [0.29, 0.717) is 33.2 Å². The predicted molar refractivity (Wildman–Crippen MR) is 133 cm³/mol. The van der Waals surface area contributed by atoms with Crippen LogP contribution in [0, 0.1) is 13.8 Å². The second-order valence-electron chi connectivity index (χ2n) is 8.50. The molecule has 0 atom stereocenters. The van der Waals surface area contributed by atoms with Crippen LogP contribution in [0.2, 0.25) is 5.02 Å². The van der Waals surface area contributed by atoms with E-state index in [1.165, 1.54) is 11.1 Å². The topological polar surface area (TPSA) is 102 Å². The molecule has 0 radical (unpaired) electrons. The van der Waals surface area contributed by atoms with Crippen LogP contribution in [0.5, 0.6) is 0 Å². The molecule has 3 heterocycles. The lowest BCUT2D eigenvalue weighted by Crippen LogP contribution is -2.29. The number of aliphatic imine (C=N–C) groups is 1. The van der Waals surface area contributed by atoms with Crippen LogP contribution in [0.15, 0.2) is 44.9 Å². The predicted octanol–water partition coefficient (Wildman–Crippen LogP) is 4.35. The van der Waals surface area contributed by atoms with Crippen molar-refractivity contribution in [3.8, 4) is 5.69 Å². The molecule has 0 spiro atoms. The van der Waals surface area contributed by atoms with Crippen molar-refractivity contribution in [2.75, 3.05) is 18.0 Å². The Balaban J connectivity index is 1.57. The molecule has 3 N–H and O–H groups in total. The minimum Gasteiger partial charge on any atom is -0.370 e. The third-order valence-corrected chi connectivity index (χ3v) is 6.58. The summed E-state index contributed by atoms with van der Waals surface area (Å²) in [4.78, 5) is 37.6. The van der Waals surface area contributed by atoms with Crippen molar-refractivity contribution in [3.63, 3.8) is 0 Å². The number of halogens is 1. The zero-order valence-corrected chi connectivity index (χ0v) is 19.3. The summed E-state index contributed by atoms with van der Waals surface area (Å²) in [5.41, 5.74) is 5.43. The van der Waals surface area contributed by atoms with E-state index >= 15 is 0 Å². The van der Waals surface area contributed by atoms with Crippen molar-refractivity contribution in [1.29, 1.82) is 0 Å². The molecule has 2 aromatic heterocycles. The highest BCUT2D eigenvalue weighted by atomic mass is 35.5. The molecule has 5 rings (SSSR count). The van der Waals surface area contributed by atoms with Gasteiger partial charge < -0.3 is 14.9 Å². The number of anilines is 1. The van der Waals surface area contributed by atoms with Gasteiger partial charge in [0.25, 0.3) is 5.56 Å². The van der Waals surface area contributed by atoms with Gasteiger partial charge in [-0.1, -0.05) is 17.7 Å². The number of hydrogen-bond donors (Lipinski definition) is 3. The number of rotatable bonds is 4. The van der Waals surface area contributed by atoms with Crippen LogP contribution in [-0.2, 0) is 0 Å². The maximum Gasteiger partial charge on any atom is 0.323 e. The number of H-pyrrole nitrogens is 3. The highest BCUT2D eigenvalue weighted by Gasteiger charge is 2.17. The Morgan fingerprint density at radius 2 is 1.73 bits per heavy atom. The molecule has 4 aromatic rings. The Kier molecular flexibility index (Phi) is 5.46. The first-order valence-corrected chi connectivity index (χ1v) is 11.4. The number of aryl methyl sites for hydroxylation is 2. The molecule has 0 saturated carbocycles. The zero-order chi connectivity index (χ0) is 23.1. The molecule has 1 aliphatic rings. The van der Waals surface area contributed by atoms with Gasteiger partial charge in [0, 0.05) is 30.0 Å². The first-order valence-electron chi connectivity index (χ1n) is 11.0. The second-order valence-corrected chi connectivity index (χ2v) is 8.90. The third kappa shape index (κ3) is 4.02. The Morgan fingerprint density at radius 3 is 2.45 bits per heavy atom. The molecule has 0 unspecified atom stereocenters. The molecule has 2 aromatic carbocycles. The van der Waals surface area contributed by atoms with Crippen molar-refractivity contribution in [3.05, 3.63) is 73.0 Å². The molecule has 0 amide bonds. The van der Waals surface area contributed by atoms with Gasteiger partial charge >= 0.3 is 5.69 Å². The van der Waals surface area contributed by atoms with Gasteiger partial charge in [-0.2, -0.15) is 0 Å². The van der Waals surface area contributed by atoms with Gasteiger partial charge in [0.2, 0.25) is 0 Å². The number of imidazole rings is 1. The summed E-state index contributed by atoms with van der Waals surface area (Å²) in [7, 11) is 0. The molecule has 8 nitrogen and oxygen atoms in total. The Morgan fingerprint density at radius 1 is 1.00 bits per heavy atom. The standard InChI is InChI=1S/C24H25ClN6O2/c1-14-6-7-16(10-18(14)25)31-23(32)17(15(2)29-31)13-26-21-11-19-20(28-24(33)27-19)12-22(21)30-8-4-3-5-9-30/h6-7,10-13,29H,3-5,8-9H2,1-2H3,(H2,27,28,33). The maximum atomic E-state index is 13.1.